The number of likely N-dealkylation sites (N-methyl/N-ethyl adjacent to an activating group) is 1. The molecule has 0 saturated heterocycles. The number of rotatable bonds is 6. The molecule has 1 aromatic carbocycles. The van der Waals surface area contributed by atoms with Crippen molar-refractivity contribution in [2.75, 3.05) is 34.3 Å². The number of amides is 1. The molecule has 0 aliphatic heterocycles. The van der Waals surface area contributed by atoms with Crippen LogP contribution in [-0.4, -0.2) is 62.1 Å². The first-order valence-electron chi connectivity index (χ1n) is 12.2. The molecule has 7 heteroatoms. The summed E-state index contributed by atoms with van der Waals surface area (Å²) in [7, 11) is 6.11. The maximum atomic E-state index is 13.1. The number of aromatic hydroxyl groups is 1. The molecule has 3 aliphatic rings. The number of hydrogen-bond donors (Lipinski definition) is 2. The van der Waals surface area contributed by atoms with E-state index in [1.54, 1.807) is 6.07 Å². The molecule has 182 valence electrons. The summed E-state index contributed by atoms with van der Waals surface area (Å²) in [6.45, 7) is 3.23. The molecule has 2 fully saturated rings. The molecule has 0 radical (unpaired) electrons. The number of nitrogens with two attached hydrogens (primary N) is 1. The molecule has 1 aromatic rings. The summed E-state index contributed by atoms with van der Waals surface area (Å²) in [5, 5.41) is 9.90. The highest BCUT2D eigenvalue weighted by Gasteiger charge is 2.58. The van der Waals surface area contributed by atoms with Crippen molar-refractivity contribution in [1.82, 2.24) is 0 Å². The second kappa shape index (κ2) is 8.82. The molecule has 4 rings (SSSR count). The van der Waals surface area contributed by atoms with Crippen LogP contribution in [0.1, 0.15) is 56.1 Å². The fourth-order valence-corrected chi connectivity index (χ4v) is 7.03. The lowest BCUT2D eigenvalue weighted by Gasteiger charge is -2.51. The van der Waals surface area contributed by atoms with Crippen LogP contribution < -0.4 is 5.73 Å². The number of quaternary nitrogens is 1. The van der Waals surface area contributed by atoms with E-state index >= 15 is 0 Å². The summed E-state index contributed by atoms with van der Waals surface area (Å²) in [6.07, 6.45) is 4.03. The Morgan fingerprint density at radius 2 is 1.97 bits per heavy atom. The topological polar surface area (TPSA) is 98.9 Å². The molecule has 4 unspecified atom stereocenters. The average Bonchev–Trinajstić information content (AvgIpc) is 3.07. The van der Waals surface area contributed by atoms with Gasteiger partial charge in [0.15, 0.2) is 0 Å². The minimum absolute atomic E-state index is 0.0891. The van der Waals surface area contributed by atoms with E-state index in [1.807, 2.05) is 27.2 Å². The number of ether oxygens (including phenoxy) is 2. The van der Waals surface area contributed by atoms with E-state index < -0.39 is 18.2 Å². The molecule has 1 amide bonds. The number of aryl methyl sites for hydroxylation is 1. The Labute approximate surface area is 196 Å². The quantitative estimate of drug-likeness (QED) is 0.500. The summed E-state index contributed by atoms with van der Waals surface area (Å²) in [4.78, 5) is 24.8. The number of phenols is 1. The minimum atomic E-state index is -0.950. The van der Waals surface area contributed by atoms with Crippen LogP contribution in [0.4, 0.5) is 4.79 Å². The van der Waals surface area contributed by atoms with Crippen molar-refractivity contribution in [3.8, 4) is 5.75 Å². The van der Waals surface area contributed by atoms with Crippen LogP contribution >= 0.6 is 0 Å². The van der Waals surface area contributed by atoms with Gasteiger partial charge < -0.3 is 24.8 Å². The number of carbonyl (C=O) groups is 2. The molecule has 0 spiro atoms. The van der Waals surface area contributed by atoms with Crippen molar-refractivity contribution >= 4 is 12.1 Å². The summed E-state index contributed by atoms with van der Waals surface area (Å²) in [5.41, 5.74) is 7.93. The van der Waals surface area contributed by atoms with Crippen LogP contribution in [0, 0.1) is 23.2 Å². The van der Waals surface area contributed by atoms with E-state index in [1.165, 1.54) is 11.1 Å². The normalized spacial score (nSPS) is 31.6. The number of esters is 1. The Hall–Kier alpha value is -2.28. The van der Waals surface area contributed by atoms with Crippen LogP contribution in [0.2, 0.25) is 0 Å². The molecule has 7 nitrogen and oxygen atoms in total. The van der Waals surface area contributed by atoms with Crippen molar-refractivity contribution < 1.29 is 28.7 Å². The van der Waals surface area contributed by atoms with Crippen LogP contribution in [0.3, 0.4) is 0 Å². The molecule has 6 atom stereocenters. The van der Waals surface area contributed by atoms with E-state index in [-0.39, 0.29) is 17.9 Å². The highest BCUT2D eigenvalue weighted by molar-refractivity contribution is 5.79. The Morgan fingerprint density at radius 3 is 2.67 bits per heavy atom. The lowest BCUT2D eigenvalue weighted by Crippen LogP contribution is -2.49. The molecular formula is C26H39N2O5+. The summed E-state index contributed by atoms with van der Waals surface area (Å²) in [5.74, 6) is 1.26. The van der Waals surface area contributed by atoms with Gasteiger partial charge in [-0.1, -0.05) is 13.0 Å². The fourth-order valence-electron chi connectivity index (χ4n) is 7.03. The van der Waals surface area contributed by atoms with Crippen molar-refractivity contribution in [2.24, 2.45) is 28.9 Å². The van der Waals surface area contributed by atoms with E-state index in [2.05, 4.69) is 13.0 Å². The third-order valence-corrected chi connectivity index (χ3v) is 8.63. The number of primary amides is 1. The van der Waals surface area contributed by atoms with Crippen LogP contribution in [-0.2, 0) is 20.7 Å². The predicted molar refractivity (Wildman–Crippen MR) is 125 cm³/mol. The van der Waals surface area contributed by atoms with Crippen molar-refractivity contribution in [2.45, 2.75) is 57.5 Å². The van der Waals surface area contributed by atoms with E-state index in [4.69, 9.17) is 15.2 Å². The summed E-state index contributed by atoms with van der Waals surface area (Å²) in [6, 6.07) is 5.82. The van der Waals surface area contributed by atoms with Crippen molar-refractivity contribution in [3.63, 3.8) is 0 Å². The first-order chi connectivity index (χ1) is 15.5. The SMILES string of the molecule is C[C@]12CCC3c4ccc(O)cc4CCC3C1CC[C@@H]2C(OC(N)=O)C(=O)OCC[N+](C)(C)C. The zero-order chi connectivity index (χ0) is 24.0. The third-order valence-electron chi connectivity index (χ3n) is 8.63. The Bertz CT molecular complexity index is 910. The Kier molecular flexibility index (Phi) is 6.38. The predicted octanol–water partition coefficient (Wildman–Crippen LogP) is 3.58. The first kappa shape index (κ1) is 23.9. The average molecular weight is 460 g/mol. The number of nitrogens with zero attached hydrogens (tertiary/aromatic N) is 1. The smallest absolute Gasteiger partial charge is 0.405 e. The number of carbonyl (C=O) groups excluding carboxylic acids is 2. The maximum absolute atomic E-state index is 13.1. The number of fused-ring (bicyclic) bond motifs is 5. The van der Waals surface area contributed by atoms with Gasteiger partial charge in [-0.15, -0.1) is 0 Å². The van der Waals surface area contributed by atoms with E-state index in [0.29, 0.717) is 34.5 Å². The summed E-state index contributed by atoms with van der Waals surface area (Å²) < 4.78 is 11.7. The van der Waals surface area contributed by atoms with Gasteiger partial charge in [-0.05, 0) is 85.0 Å². The lowest BCUT2D eigenvalue weighted by molar-refractivity contribution is -0.870. The highest BCUT2D eigenvalue weighted by Crippen LogP contribution is 2.64. The standard InChI is InChI=1S/C26H38N2O5/c1-26-12-11-19-18-8-6-17(29)15-16(18)5-7-20(19)21(26)9-10-22(26)23(33-25(27)31)24(30)32-14-13-28(2,3)4/h6,8,15,19-23H,5,7,9-14H2,1-4H3,(H2-,27,29,31)/p+1/t19?,20?,21?,22-,23?,26+/m1/s1. The fraction of sp³-hybridized carbons (Fsp3) is 0.692. The van der Waals surface area contributed by atoms with Crippen LogP contribution in [0.25, 0.3) is 0 Å². The molecule has 33 heavy (non-hydrogen) atoms. The second-order valence-electron chi connectivity index (χ2n) is 11.6. The van der Waals surface area contributed by atoms with Crippen LogP contribution in [0.15, 0.2) is 18.2 Å². The van der Waals surface area contributed by atoms with Gasteiger partial charge in [0, 0.05) is 5.92 Å². The lowest BCUT2D eigenvalue weighted by atomic mass is 9.53. The van der Waals surface area contributed by atoms with E-state index in [9.17, 15) is 14.7 Å². The highest BCUT2D eigenvalue weighted by atomic mass is 16.6. The second-order valence-corrected chi connectivity index (χ2v) is 11.6. The van der Waals surface area contributed by atoms with Crippen molar-refractivity contribution in [1.29, 1.82) is 0 Å². The largest absolute Gasteiger partial charge is 0.508 e. The van der Waals surface area contributed by atoms with Gasteiger partial charge in [-0.25, -0.2) is 9.59 Å². The molecule has 0 aromatic heterocycles. The maximum Gasteiger partial charge on any atom is 0.405 e. The Balaban J connectivity index is 1.53. The van der Waals surface area contributed by atoms with Gasteiger partial charge in [0.1, 0.15) is 18.9 Å². The van der Waals surface area contributed by atoms with Gasteiger partial charge in [0.05, 0.1) is 21.1 Å². The van der Waals surface area contributed by atoms with E-state index in [0.717, 1.165) is 38.5 Å². The Morgan fingerprint density at radius 1 is 1.21 bits per heavy atom. The molecule has 3 N–H and O–H groups in total. The van der Waals surface area contributed by atoms with Gasteiger partial charge in [0.2, 0.25) is 6.10 Å². The number of benzene rings is 1. The number of hydrogen-bond acceptors (Lipinski definition) is 5. The van der Waals surface area contributed by atoms with Gasteiger partial charge in [-0.2, -0.15) is 0 Å². The number of phenolic OH excluding ortho intramolecular Hbond substituents is 1. The zero-order valence-corrected chi connectivity index (χ0v) is 20.4. The van der Waals surface area contributed by atoms with Gasteiger partial charge >= 0.3 is 12.1 Å². The zero-order valence-electron chi connectivity index (χ0n) is 20.4. The molecule has 0 heterocycles. The first-order valence-corrected chi connectivity index (χ1v) is 12.2. The van der Waals surface area contributed by atoms with Crippen LogP contribution in [0.5, 0.6) is 5.75 Å². The van der Waals surface area contributed by atoms with Crippen molar-refractivity contribution in [3.05, 3.63) is 29.3 Å². The third kappa shape index (κ3) is 4.70. The molecule has 2 saturated carbocycles. The molecule has 0 bridgehead atoms. The molecule has 3 aliphatic carbocycles. The minimum Gasteiger partial charge on any atom is -0.508 e. The van der Waals surface area contributed by atoms with Gasteiger partial charge in [-0.3, -0.25) is 0 Å². The van der Waals surface area contributed by atoms with Gasteiger partial charge in [0.25, 0.3) is 0 Å². The summed E-state index contributed by atoms with van der Waals surface area (Å²) >= 11 is 0. The molecular weight excluding hydrogens is 420 g/mol. The monoisotopic (exact) mass is 459 g/mol.